The highest BCUT2D eigenvalue weighted by molar-refractivity contribution is 6.30. The van der Waals surface area contributed by atoms with Crippen LogP contribution in [-0.4, -0.2) is 18.0 Å². The van der Waals surface area contributed by atoms with Gasteiger partial charge in [-0.25, -0.2) is 4.98 Å². The van der Waals surface area contributed by atoms with E-state index in [1.807, 2.05) is 12.1 Å². The summed E-state index contributed by atoms with van der Waals surface area (Å²) < 4.78 is 10.9. The number of hydrogen-bond donors (Lipinski definition) is 1. The minimum atomic E-state index is -0.181. The summed E-state index contributed by atoms with van der Waals surface area (Å²) in [5.74, 6) is 1.46. The van der Waals surface area contributed by atoms with Gasteiger partial charge in [0.15, 0.2) is 0 Å². The molecule has 1 heterocycles. The highest BCUT2D eigenvalue weighted by Crippen LogP contribution is 2.28. The number of rotatable bonds is 6. The molecule has 1 N–H and O–H groups in total. The lowest BCUT2D eigenvalue weighted by Gasteiger charge is -2.11. The van der Waals surface area contributed by atoms with Crippen molar-refractivity contribution in [1.29, 1.82) is 0 Å². The predicted molar refractivity (Wildman–Crippen MR) is 101 cm³/mol. The first kappa shape index (κ1) is 17.8. The molecule has 0 aliphatic rings. The van der Waals surface area contributed by atoms with Crippen LogP contribution in [0.15, 0.2) is 66.9 Å². The van der Waals surface area contributed by atoms with Crippen molar-refractivity contribution in [1.82, 2.24) is 4.98 Å². The highest BCUT2D eigenvalue weighted by Gasteiger charge is 2.11. The average Bonchev–Trinajstić information content (AvgIpc) is 2.64. The summed E-state index contributed by atoms with van der Waals surface area (Å²) in [5, 5.41) is 3.42. The van der Waals surface area contributed by atoms with E-state index in [4.69, 9.17) is 21.1 Å². The molecule has 26 heavy (non-hydrogen) atoms. The van der Waals surface area contributed by atoms with Gasteiger partial charge in [-0.3, -0.25) is 4.79 Å². The number of halogens is 1. The highest BCUT2D eigenvalue weighted by atomic mass is 35.5. The van der Waals surface area contributed by atoms with Crippen molar-refractivity contribution in [3.05, 3.63) is 77.4 Å². The van der Waals surface area contributed by atoms with Crippen LogP contribution in [0, 0.1) is 0 Å². The van der Waals surface area contributed by atoms with E-state index in [1.54, 1.807) is 61.8 Å². The number of anilines is 1. The van der Waals surface area contributed by atoms with Crippen molar-refractivity contribution < 1.29 is 14.3 Å². The molecule has 0 aliphatic heterocycles. The molecule has 0 saturated carbocycles. The Labute approximate surface area is 156 Å². The predicted octanol–water partition coefficient (Wildman–Crippen LogP) is 4.72. The monoisotopic (exact) mass is 368 g/mol. The number of carbonyl (C=O) groups is 1. The Kier molecular flexibility index (Phi) is 5.71. The van der Waals surface area contributed by atoms with Gasteiger partial charge in [-0.05, 0) is 54.1 Å². The van der Waals surface area contributed by atoms with Crippen LogP contribution in [0.4, 0.5) is 5.69 Å². The maximum absolute atomic E-state index is 12.3. The molecular weight excluding hydrogens is 352 g/mol. The summed E-state index contributed by atoms with van der Waals surface area (Å²) in [6, 6.07) is 17.8. The van der Waals surface area contributed by atoms with Gasteiger partial charge in [0.05, 0.1) is 13.5 Å². The molecule has 0 saturated heterocycles. The van der Waals surface area contributed by atoms with Crippen LogP contribution in [0.5, 0.6) is 17.4 Å². The molecule has 0 unspecified atom stereocenters. The standard InChI is InChI=1S/C20H17ClN2O3/c1-25-16-7-9-17(10-8-16)26-20-18(6-3-11-22-20)23-19(24)13-14-4-2-5-15(21)12-14/h2-12H,13H2,1H3,(H,23,24). The molecule has 2 aromatic carbocycles. The van der Waals surface area contributed by atoms with E-state index in [9.17, 15) is 4.79 Å². The molecule has 0 atom stereocenters. The number of pyridine rings is 1. The van der Waals surface area contributed by atoms with Crippen LogP contribution in [0.25, 0.3) is 0 Å². The van der Waals surface area contributed by atoms with Crippen LogP contribution in [0.1, 0.15) is 5.56 Å². The number of amides is 1. The lowest BCUT2D eigenvalue weighted by Crippen LogP contribution is -2.15. The molecule has 3 aromatic rings. The van der Waals surface area contributed by atoms with E-state index >= 15 is 0 Å². The molecule has 5 nitrogen and oxygen atoms in total. The van der Waals surface area contributed by atoms with Crippen LogP contribution in [0.3, 0.4) is 0 Å². The molecule has 0 fully saturated rings. The number of methoxy groups -OCH3 is 1. The third kappa shape index (κ3) is 4.74. The fourth-order valence-electron chi connectivity index (χ4n) is 2.35. The van der Waals surface area contributed by atoms with Crippen molar-refractivity contribution in [2.45, 2.75) is 6.42 Å². The van der Waals surface area contributed by atoms with Gasteiger partial charge in [0.1, 0.15) is 17.2 Å². The van der Waals surface area contributed by atoms with E-state index in [0.29, 0.717) is 22.3 Å². The number of ether oxygens (including phenoxy) is 2. The number of carbonyl (C=O) groups excluding carboxylic acids is 1. The van der Waals surface area contributed by atoms with Gasteiger partial charge >= 0.3 is 0 Å². The zero-order valence-electron chi connectivity index (χ0n) is 14.1. The SMILES string of the molecule is COc1ccc(Oc2ncccc2NC(=O)Cc2cccc(Cl)c2)cc1. The van der Waals surface area contributed by atoms with Crippen LogP contribution < -0.4 is 14.8 Å². The Bertz CT molecular complexity index is 898. The molecule has 0 aliphatic carbocycles. The lowest BCUT2D eigenvalue weighted by atomic mass is 10.1. The molecule has 0 spiro atoms. The largest absolute Gasteiger partial charge is 0.497 e. The lowest BCUT2D eigenvalue weighted by molar-refractivity contribution is -0.115. The average molecular weight is 369 g/mol. The van der Waals surface area contributed by atoms with Gasteiger partial charge in [-0.1, -0.05) is 23.7 Å². The quantitative estimate of drug-likeness (QED) is 0.684. The van der Waals surface area contributed by atoms with Gasteiger partial charge in [0.25, 0.3) is 0 Å². The van der Waals surface area contributed by atoms with E-state index in [0.717, 1.165) is 11.3 Å². The van der Waals surface area contributed by atoms with E-state index in [-0.39, 0.29) is 12.3 Å². The molecule has 0 bridgehead atoms. The third-order valence-electron chi connectivity index (χ3n) is 3.57. The van der Waals surface area contributed by atoms with Gasteiger partial charge in [0.2, 0.25) is 11.8 Å². The van der Waals surface area contributed by atoms with Crippen LogP contribution in [0.2, 0.25) is 5.02 Å². The van der Waals surface area contributed by atoms with Crippen LogP contribution in [-0.2, 0) is 11.2 Å². The van der Waals surface area contributed by atoms with Gasteiger partial charge in [-0.15, -0.1) is 0 Å². The number of nitrogens with zero attached hydrogens (tertiary/aromatic N) is 1. The maximum Gasteiger partial charge on any atom is 0.243 e. The Morgan fingerprint density at radius 3 is 2.58 bits per heavy atom. The first-order valence-corrected chi connectivity index (χ1v) is 8.33. The van der Waals surface area contributed by atoms with Gasteiger partial charge < -0.3 is 14.8 Å². The second-order valence-electron chi connectivity index (χ2n) is 5.49. The molecule has 3 rings (SSSR count). The first-order chi connectivity index (χ1) is 12.6. The molecular formula is C20H17ClN2O3. The summed E-state index contributed by atoms with van der Waals surface area (Å²) in [6.45, 7) is 0. The van der Waals surface area contributed by atoms with Crippen LogP contribution >= 0.6 is 11.6 Å². The Morgan fingerprint density at radius 1 is 1.08 bits per heavy atom. The fourth-order valence-corrected chi connectivity index (χ4v) is 2.56. The van der Waals surface area contributed by atoms with E-state index in [2.05, 4.69) is 10.3 Å². The topological polar surface area (TPSA) is 60.5 Å². The summed E-state index contributed by atoms with van der Waals surface area (Å²) in [5.41, 5.74) is 1.33. The van der Waals surface area contributed by atoms with Crippen molar-refractivity contribution in [2.75, 3.05) is 12.4 Å². The number of benzene rings is 2. The fraction of sp³-hybridized carbons (Fsp3) is 0.100. The Balaban J connectivity index is 1.71. The molecule has 1 aromatic heterocycles. The van der Waals surface area contributed by atoms with E-state index < -0.39 is 0 Å². The Morgan fingerprint density at radius 2 is 1.85 bits per heavy atom. The summed E-state index contributed by atoms with van der Waals surface area (Å²) in [4.78, 5) is 16.5. The smallest absolute Gasteiger partial charge is 0.243 e. The summed E-state index contributed by atoms with van der Waals surface area (Å²) in [6.07, 6.45) is 1.81. The zero-order valence-corrected chi connectivity index (χ0v) is 14.9. The minimum Gasteiger partial charge on any atom is -0.497 e. The van der Waals surface area contributed by atoms with Crippen molar-refractivity contribution in [3.8, 4) is 17.4 Å². The minimum absolute atomic E-state index is 0.181. The van der Waals surface area contributed by atoms with E-state index in [1.165, 1.54) is 0 Å². The molecule has 0 radical (unpaired) electrons. The first-order valence-electron chi connectivity index (χ1n) is 7.95. The molecule has 1 amide bonds. The summed E-state index contributed by atoms with van der Waals surface area (Å²) >= 11 is 5.95. The summed E-state index contributed by atoms with van der Waals surface area (Å²) in [7, 11) is 1.60. The van der Waals surface area contributed by atoms with Crippen molar-refractivity contribution in [2.24, 2.45) is 0 Å². The molecule has 6 heteroatoms. The Hall–Kier alpha value is -3.05. The van der Waals surface area contributed by atoms with Gasteiger partial charge in [0, 0.05) is 11.2 Å². The second-order valence-corrected chi connectivity index (χ2v) is 5.93. The number of nitrogens with one attached hydrogen (secondary N) is 1. The maximum atomic E-state index is 12.3. The second kappa shape index (κ2) is 8.36. The van der Waals surface area contributed by atoms with Gasteiger partial charge in [-0.2, -0.15) is 0 Å². The normalized spacial score (nSPS) is 10.2. The van der Waals surface area contributed by atoms with Crippen molar-refractivity contribution >= 4 is 23.2 Å². The number of hydrogen-bond acceptors (Lipinski definition) is 4. The number of aromatic nitrogens is 1. The molecule has 132 valence electrons. The zero-order chi connectivity index (χ0) is 18.4. The third-order valence-corrected chi connectivity index (χ3v) is 3.81. The van der Waals surface area contributed by atoms with Crippen molar-refractivity contribution in [3.63, 3.8) is 0 Å².